The molecule has 3 aromatic heterocycles. The lowest BCUT2D eigenvalue weighted by molar-refractivity contribution is 0.0879. The zero-order valence-corrected chi connectivity index (χ0v) is 21.5. The summed E-state index contributed by atoms with van der Waals surface area (Å²) < 4.78 is 4.06. The Labute approximate surface area is 216 Å². The lowest BCUT2D eigenvalue weighted by Gasteiger charge is -2.21. The number of ketones is 1. The quantitative estimate of drug-likeness (QED) is 0.270. The molecule has 0 saturated carbocycles. The molecule has 0 radical (unpaired) electrons. The second-order valence-electron chi connectivity index (χ2n) is 10.3. The number of rotatable bonds is 4. The van der Waals surface area contributed by atoms with Crippen LogP contribution in [0.25, 0.3) is 32.9 Å². The van der Waals surface area contributed by atoms with Gasteiger partial charge in [-0.05, 0) is 54.0 Å². The van der Waals surface area contributed by atoms with Crippen molar-refractivity contribution in [3.05, 3.63) is 74.7 Å². The van der Waals surface area contributed by atoms with Crippen molar-refractivity contribution in [2.45, 2.75) is 33.2 Å². The van der Waals surface area contributed by atoms with Crippen molar-refractivity contribution < 1.29 is 14.4 Å². The second kappa shape index (κ2) is 7.73. The Morgan fingerprint density at radius 2 is 1.92 bits per heavy atom. The molecule has 1 N–H and O–H groups in total. The van der Waals surface area contributed by atoms with Crippen LogP contribution in [0, 0.1) is 5.92 Å². The molecule has 7 nitrogen and oxygen atoms in total. The molecule has 8 heteroatoms. The van der Waals surface area contributed by atoms with Gasteiger partial charge in [0, 0.05) is 52.8 Å². The number of aryl methyl sites for hydroxylation is 3. The van der Waals surface area contributed by atoms with Gasteiger partial charge in [0.05, 0.1) is 27.2 Å². The number of aromatic nitrogens is 3. The fourth-order valence-electron chi connectivity index (χ4n) is 6.08. The fourth-order valence-corrected chi connectivity index (χ4v) is 6.77. The summed E-state index contributed by atoms with van der Waals surface area (Å²) in [7, 11) is 1.88. The number of fused-ring (bicyclic) bond motifs is 10. The minimum Gasteiger partial charge on any atom is -0.340 e. The summed E-state index contributed by atoms with van der Waals surface area (Å²) >= 11 is 1.41. The first kappa shape index (κ1) is 22.2. The van der Waals surface area contributed by atoms with Crippen molar-refractivity contribution >= 4 is 50.7 Å². The Balaban J connectivity index is 1.64. The maximum Gasteiger partial charge on any atom is 0.259 e. The molecular weight excluding hydrogens is 484 g/mol. The molecule has 0 spiro atoms. The van der Waals surface area contributed by atoms with Crippen LogP contribution in [0.4, 0.5) is 0 Å². The van der Waals surface area contributed by atoms with E-state index in [9.17, 15) is 14.4 Å². The topological polar surface area (TPSA) is 86.0 Å². The Bertz CT molecular complexity index is 1820. The van der Waals surface area contributed by atoms with Crippen molar-refractivity contribution in [1.82, 2.24) is 19.7 Å². The highest BCUT2D eigenvalue weighted by molar-refractivity contribution is 7.12. The zero-order chi connectivity index (χ0) is 25.6. The standard InChI is InChI=1S/C29H24N4O3S/c1-14(2)12-33-20-9-6-15(27(34)21-5-4-10-37-21)11-17(20)23-25-24(28(35)30-29(25)36)22-16(26(23)33)7-8-19-18(22)13-32(3)31-19/h4-6,9-11,13-14H,7-8,12H2,1-3H3,(H,30,35,36). The molecule has 7 rings (SSSR count). The van der Waals surface area contributed by atoms with Crippen molar-refractivity contribution in [3.8, 4) is 11.1 Å². The minimum absolute atomic E-state index is 0.0446. The summed E-state index contributed by atoms with van der Waals surface area (Å²) in [6, 6.07) is 9.46. The summed E-state index contributed by atoms with van der Waals surface area (Å²) in [6.45, 7) is 5.09. The monoisotopic (exact) mass is 508 g/mol. The van der Waals surface area contributed by atoms with E-state index in [2.05, 4.69) is 28.8 Å². The lowest BCUT2D eigenvalue weighted by Crippen LogP contribution is -2.20. The van der Waals surface area contributed by atoms with Crippen LogP contribution < -0.4 is 5.32 Å². The van der Waals surface area contributed by atoms with Gasteiger partial charge in [0.15, 0.2) is 0 Å². The van der Waals surface area contributed by atoms with E-state index < -0.39 is 0 Å². The second-order valence-corrected chi connectivity index (χ2v) is 11.3. The number of nitrogens with one attached hydrogen (secondary N) is 1. The third-order valence-corrected chi connectivity index (χ3v) is 8.29. The highest BCUT2D eigenvalue weighted by atomic mass is 32.1. The van der Waals surface area contributed by atoms with Crippen LogP contribution in [0.2, 0.25) is 0 Å². The maximum atomic E-state index is 13.3. The summed E-state index contributed by atoms with van der Waals surface area (Å²) in [4.78, 5) is 40.5. The van der Waals surface area contributed by atoms with Gasteiger partial charge < -0.3 is 4.57 Å². The van der Waals surface area contributed by atoms with Gasteiger partial charge >= 0.3 is 0 Å². The molecule has 0 bridgehead atoms. The molecule has 1 aliphatic carbocycles. The van der Waals surface area contributed by atoms with Gasteiger partial charge in [-0.25, -0.2) is 0 Å². The van der Waals surface area contributed by atoms with E-state index in [-0.39, 0.29) is 17.6 Å². The number of hydrogen-bond acceptors (Lipinski definition) is 5. The first-order valence-corrected chi connectivity index (χ1v) is 13.3. The van der Waals surface area contributed by atoms with Crippen molar-refractivity contribution in [1.29, 1.82) is 0 Å². The number of imide groups is 1. The van der Waals surface area contributed by atoms with Crippen molar-refractivity contribution in [3.63, 3.8) is 0 Å². The molecule has 2 aliphatic rings. The van der Waals surface area contributed by atoms with Gasteiger partial charge in [-0.15, -0.1) is 11.3 Å². The third-order valence-electron chi connectivity index (χ3n) is 7.42. The summed E-state index contributed by atoms with van der Waals surface area (Å²) in [5.41, 5.74) is 7.11. The smallest absolute Gasteiger partial charge is 0.259 e. The van der Waals surface area contributed by atoms with Gasteiger partial charge in [-0.1, -0.05) is 19.9 Å². The molecule has 0 fully saturated rings. The summed E-state index contributed by atoms with van der Waals surface area (Å²) in [6.07, 6.45) is 3.43. The van der Waals surface area contributed by atoms with E-state index in [0.29, 0.717) is 27.5 Å². The van der Waals surface area contributed by atoms with E-state index in [4.69, 9.17) is 0 Å². The Hall–Kier alpha value is -4.04. The predicted molar refractivity (Wildman–Crippen MR) is 143 cm³/mol. The van der Waals surface area contributed by atoms with Gasteiger partial charge in [0.1, 0.15) is 0 Å². The van der Waals surface area contributed by atoms with E-state index in [1.165, 1.54) is 11.3 Å². The van der Waals surface area contributed by atoms with E-state index in [0.717, 1.165) is 63.6 Å². The largest absolute Gasteiger partial charge is 0.340 e. The minimum atomic E-state index is -0.387. The molecule has 1 aliphatic heterocycles. The van der Waals surface area contributed by atoms with Gasteiger partial charge in [-0.2, -0.15) is 5.10 Å². The van der Waals surface area contributed by atoms with Crippen LogP contribution in [-0.2, 0) is 26.4 Å². The van der Waals surface area contributed by atoms with Gasteiger partial charge in [0.25, 0.3) is 11.8 Å². The van der Waals surface area contributed by atoms with Gasteiger partial charge in [-0.3, -0.25) is 24.4 Å². The molecule has 0 atom stereocenters. The number of nitrogens with zero attached hydrogens (tertiary/aromatic N) is 3. The Morgan fingerprint density at radius 1 is 1.11 bits per heavy atom. The van der Waals surface area contributed by atoms with Crippen molar-refractivity contribution in [2.24, 2.45) is 13.0 Å². The first-order valence-electron chi connectivity index (χ1n) is 12.4. The molecule has 37 heavy (non-hydrogen) atoms. The number of carbonyl (C=O) groups is 3. The van der Waals surface area contributed by atoms with Crippen LogP contribution in [0.1, 0.15) is 61.1 Å². The lowest BCUT2D eigenvalue weighted by atomic mass is 9.82. The average molecular weight is 509 g/mol. The summed E-state index contributed by atoms with van der Waals surface area (Å²) in [5.74, 6) is -0.451. The number of carbonyl (C=O) groups excluding carboxylic acids is 3. The molecule has 5 aromatic rings. The van der Waals surface area contributed by atoms with E-state index >= 15 is 0 Å². The van der Waals surface area contributed by atoms with Crippen LogP contribution in [0.15, 0.2) is 41.9 Å². The normalized spacial score (nSPS) is 14.4. The van der Waals surface area contributed by atoms with Gasteiger partial charge in [0.2, 0.25) is 5.78 Å². The molecule has 0 saturated heterocycles. The molecular formula is C29H24N4O3S. The van der Waals surface area contributed by atoms with Crippen LogP contribution in [0.3, 0.4) is 0 Å². The number of benzene rings is 2. The molecule has 2 aromatic carbocycles. The number of hydrogen-bond donors (Lipinski definition) is 1. The highest BCUT2D eigenvalue weighted by Crippen LogP contribution is 2.47. The molecule has 184 valence electrons. The van der Waals surface area contributed by atoms with Crippen LogP contribution >= 0.6 is 11.3 Å². The molecule has 0 unspecified atom stereocenters. The first-order chi connectivity index (χ1) is 17.8. The van der Waals surface area contributed by atoms with Crippen LogP contribution in [-0.4, -0.2) is 31.9 Å². The maximum absolute atomic E-state index is 13.3. The van der Waals surface area contributed by atoms with Crippen molar-refractivity contribution in [2.75, 3.05) is 0 Å². The van der Waals surface area contributed by atoms with E-state index in [1.807, 2.05) is 49.0 Å². The zero-order valence-electron chi connectivity index (χ0n) is 20.7. The average Bonchev–Trinajstić information content (AvgIpc) is 3.64. The van der Waals surface area contributed by atoms with Crippen LogP contribution in [0.5, 0.6) is 0 Å². The van der Waals surface area contributed by atoms with E-state index in [1.54, 1.807) is 4.68 Å². The Kier molecular flexibility index (Phi) is 4.63. The molecule has 4 heterocycles. The Morgan fingerprint density at radius 3 is 2.68 bits per heavy atom. The fraction of sp³-hybridized carbons (Fsp3) is 0.241. The molecule has 2 amide bonds. The third kappa shape index (κ3) is 3.05. The SMILES string of the molecule is CC(C)Cn1c2ccc(C(=O)c3cccs3)cc2c2c3c(c4c(c21)CCc1nn(C)cc1-4)C(=O)NC3=O. The predicted octanol–water partition coefficient (Wildman–Crippen LogP) is 5.13. The summed E-state index contributed by atoms with van der Waals surface area (Å²) in [5, 5.41) is 10.7. The number of thiophene rings is 1. The highest BCUT2D eigenvalue weighted by Gasteiger charge is 2.39. The number of amides is 2.